The average molecular weight is 244 g/mol. The normalized spacial score (nSPS) is 14.7. The molecule has 0 saturated carbocycles. The largest absolute Gasteiger partial charge is 0.459 e. The quantitative estimate of drug-likeness (QED) is 0.752. The van der Waals surface area contributed by atoms with Gasteiger partial charge in [-0.15, -0.1) is 0 Å². The number of benzene rings is 1. The second-order valence-corrected chi connectivity index (χ2v) is 5.12. The lowest BCUT2D eigenvalue weighted by Crippen LogP contribution is -2.22. The number of fused-ring (bicyclic) bond motifs is 1. The van der Waals surface area contributed by atoms with Crippen LogP contribution < -0.4 is 0 Å². The standard InChI is InChI=1S/C16H20O2/c1-4-15(11(2)3)18-16(17)14-9-8-12-6-5-7-13(12)10-14/h5,7-11,15H,4,6H2,1-3H3. The summed E-state index contributed by atoms with van der Waals surface area (Å²) in [6.07, 6.45) is 6.00. The maximum atomic E-state index is 12.1. The fourth-order valence-corrected chi connectivity index (χ4v) is 2.27. The maximum Gasteiger partial charge on any atom is 0.338 e. The van der Waals surface area contributed by atoms with Gasteiger partial charge in [0.05, 0.1) is 5.56 Å². The molecule has 96 valence electrons. The zero-order valence-electron chi connectivity index (χ0n) is 11.3. The minimum absolute atomic E-state index is 0.00120. The second-order valence-electron chi connectivity index (χ2n) is 5.12. The molecule has 0 aromatic heterocycles. The first-order chi connectivity index (χ1) is 8.61. The van der Waals surface area contributed by atoms with E-state index in [0.29, 0.717) is 11.5 Å². The molecule has 1 aliphatic rings. The number of carbonyl (C=O) groups is 1. The number of allylic oxidation sites excluding steroid dienone is 1. The monoisotopic (exact) mass is 244 g/mol. The Balaban J connectivity index is 2.11. The van der Waals surface area contributed by atoms with Gasteiger partial charge in [-0.2, -0.15) is 0 Å². The van der Waals surface area contributed by atoms with Crippen LogP contribution in [0.3, 0.4) is 0 Å². The van der Waals surface area contributed by atoms with Crippen molar-refractivity contribution in [1.29, 1.82) is 0 Å². The van der Waals surface area contributed by atoms with E-state index in [1.807, 2.05) is 25.1 Å². The molecule has 0 N–H and O–H groups in total. The summed E-state index contributed by atoms with van der Waals surface area (Å²) in [6.45, 7) is 6.20. The summed E-state index contributed by atoms with van der Waals surface area (Å²) in [5.41, 5.74) is 3.07. The van der Waals surface area contributed by atoms with Gasteiger partial charge in [0.2, 0.25) is 0 Å². The first-order valence-electron chi connectivity index (χ1n) is 6.62. The van der Waals surface area contributed by atoms with Crippen LogP contribution in [0.5, 0.6) is 0 Å². The highest BCUT2D eigenvalue weighted by Crippen LogP contribution is 2.22. The van der Waals surface area contributed by atoms with Crippen molar-refractivity contribution >= 4 is 12.0 Å². The molecule has 1 atom stereocenters. The molecular weight excluding hydrogens is 224 g/mol. The molecule has 0 radical (unpaired) electrons. The Bertz CT molecular complexity index is 472. The van der Waals surface area contributed by atoms with Crippen LogP contribution in [0.15, 0.2) is 24.3 Å². The van der Waals surface area contributed by atoms with Gasteiger partial charge in [-0.3, -0.25) is 0 Å². The van der Waals surface area contributed by atoms with Crippen LogP contribution in [-0.4, -0.2) is 12.1 Å². The average Bonchev–Trinajstić information content (AvgIpc) is 2.82. The fourth-order valence-electron chi connectivity index (χ4n) is 2.27. The van der Waals surface area contributed by atoms with E-state index in [9.17, 15) is 4.79 Å². The van der Waals surface area contributed by atoms with E-state index in [-0.39, 0.29) is 12.1 Å². The van der Waals surface area contributed by atoms with E-state index in [2.05, 4.69) is 26.0 Å². The van der Waals surface area contributed by atoms with Gasteiger partial charge < -0.3 is 4.74 Å². The number of hydrogen-bond donors (Lipinski definition) is 0. The first kappa shape index (κ1) is 12.9. The summed E-state index contributed by atoms with van der Waals surface area (Å²) in [5.74, 6) is 0.145. The lowest BCUT2D eigenvalue weighted by molar-refractivity contribution is 0.0173. The molecule has 1 aromatic carbocycles. The smallest absolute Gasteiger partial charge is 0.338 e. The summed E-state index contributed by atoms with van der Waals surface area (Å²) in [6, 6.07) is 5.80. The van der Waals surface area contributed by atoms with Gasteiger partial charge in [0.15, 0.2) is 0 Å². The van der Waals surface area contributed by atoms with Crippen LogP contribution in [0.4, 0.5) is 0 Å². The third-order valence-electron chi connectivity index (χ3n) is 3.42. The van der Waals surface area contributed by atoms with Crippen LogP contribution in [-0.2, 0) is 11.2 Å². The van der Waals surface area contributed by atoms with Gasteiger partial charge in [-0.1, -0.05) is 39.0 Å². The first-order valence-corrected chi connectivity index (χ1v) is 6.62. The highest BCUT2D eigenvalue weighted by molar-refractivity contribution is 5.90. The van der Waals surface area contributed by atoms with Gasteiger partial charge in [-0.25, -0.2) is 4.79 Å². The summed E-state index contributed by atoms with van der Waals surface area (Å²) >= 11 is 0. The molecule has 1 aliphatic carbocycles. The molecule has 2 heteroatoms. The Hall–Kier alpha value is -1.57. The van der Waals surface area contributed by atoms with Crippen molar-refractivity contribution < 1.29 is 9.53 Å². The van der Waals surface area contributed by atoms with E-state index >= 15 is 0 Å². The van der Waals surface area contributed by atoms with Crippen LogP contribution >= 0.6 is 0 Å². The molecule has 18 heavy (non-hydrogen) atoms. The molecule has 0 fully saturated rings. The number of hydrogen-bond acceptors (Lipinski definition) is 2. The van der Waals surface area contributed by atoms with Crippen LogP contribution in [0, 0.1) is 5.92 Å². The SMILES string of the molecule is CCC(OC(=O)c1ccc2c(c1)C=CC2)C(C)C. The van der Waals surface area contributed by atoms with E-state index in [1.54, 1.807) is 0 Å². The summed E-state index contributed by atoms with van der Waals surface area (Å²) < 4.78 is 5.54. The third-order valence-corrected chi connectivity index (χ3v) is 3.42. The molecular formula is C16H20O2. The van der Waals surface area contributed by atoms with E-state index in [4.69, 9.17) is 4.74 Å². The van der Waals surface area contributed by atoms with E-state index in [0.717, 1.165) is 18.4 Å². The lowest BCUT2D eigenvalue weighted by Gasteiger charge is -2.19. The van der Waals surface area contributed by atoms with Crippen molar-refractivity contribution in [2.45, 2.75) is 39.7 Å². The van der Waals surface area contributed by atoms with Crippen LogP contribution in [0.25, 0.3) is 6.08 Å². The topological polar surface area (TPSA) is 26.3 Å². The van der Waals surface area contributed by atoms with E-state index in [1.165, 1.54) is 5.56 Å². The number of esters is 1. The van der Waals surface area contributed by atoms with Crippen molar-refractivity contribution in [3.63, 3.8) is 0 Å². The molecule has 2 rings (SSSR count). The number of ether oxygens (including phenoxy) is 1. The predicted octanol–water partition coefficient (Wildman–Crippen LogP) is 3.85. The Morgan fingerprint density at radius 3 is 2.83 bits per heavy atom. The number of rotatable bonds is 4. The molecule has 0 spiro atoms. The maximum absolute atomic E-state index is 12.1. The van der Waals surface area contributed by atoms with Gasteiger partial charge >= 0.3 is 5.97 Å². The minimum Gasteiger partial charge on any atom is -0.459 e. The van der Waals surface area contributed by atoms with Gasteiger partial charge in [0, 0.05) is 0 Å². The Labute approximate surface area is 109 Å². The molecule has 0 saturated heterocycles. The molecule has 0 amide bonds. The third kappa shape index (κ3) is 2.63. The zero-order chi connectivity index (χ0) is 13.1. The molecule has 0 heterocycles. The Kier molecular flexibility index (Phi) is 3.85. The summed E-state index contributed by atoms with van der Waals surface area (Å²) in [7, 11) is 0. The number of carbonyl (C=O) groups excluding carboxylic acids is 1. The molecule has 0 aliphatic heterocycles. The predicted molar refractivity (Wildman–Crippen MR) is 73.5 cm³/mol. The minimum atomic E-state index is -0.210. The molecule has 1 unspecified atom stereocenters. The van der Waals surface area contributed by atoms with Gasteiger partial charge in [-0.05, 0) is 42.0 Å². The second kappa shape index (κ2) is 5.38. The van der Waals surface area contributed by atoms with Crippen molar-refractivity contribution in [1.82, 2.24) is 0 Å². The van der Waals surface area contributed by atoms with Gasteiger partial charge in [0.25, 0.3) is 0 Å². The molecule has 2 nitrogen and oxygen atoms in total. The highest BCUT2D eigenvalue weighted by atomic mass is 16.5. The van der Waals surface area contributed by atoms with Crippen molar-refractivity contribution in [3.05, 3.63) is 41.0 Å². The summed E-state index contributed by atoms with van der Waals surface area (Å²) in [4.78, 5) is 12.1. The lowest BCUT2D eigenvalue weighted by atomic mass is 10.0. The van der Waals surface area contributed by atoms with Crippen molar-refractivity contribution in [3.8, 4) is 0 Å². The molecule has 0 bridgehead atoms. The van der Waals surface area contributed by atoms with Crippen LogP contribution in [0.2, 0.25) is 0 Å². The van der Waals surface area contributed by atoms with Gasteiger partial charge in [0.1, 0.15) is 6.10 Å². The van der Waals surface area contributed by atoms with E-state index < -0.39 is 0 Å². The van der Waals surface area contributed by atoms with Crippen LogP contribution in [0.1, 0.15) is 48.7 Å². The zero-order valence-corrected chi connectivity index (χ0v) is 11.3. The summed E-state index contributed by atoms with van der Waals surface area (Å²) in [5, 5.41) is 0. The fraction of sp³-hybridized carbons (Fsp3) is 0.438. The Morgan fingerprint density at radius 1 is 1.39 bits per heavy atom. The molecule has 1 aromatic rings. The van der Waals surface area contributed by atoms with Crippen molar-refractivity contribution in [2.24, 2.45) is 5.92 Å². The Morgan fingerprint density at radius 2 is 2.17 bits per heavy atom. The van der Waals surface area contributed by atoms with Crippen molar-refractivity contribution in [2.75, 3.05) is 0 Å². The highest BCUT2D eigenvalue weighted by Gasteiger charge is 2.18.